The molecule has 0 bridgehead atoms. The molecule has 0 spiro atoms. The zero-order valence-electron chi connectivity index (χ0n) is 14.2. The predicted octanol–water partition coefficient (Wildman–Crippen LogP) is 1.42. The first-order chi connectivity index (χ1) is 9.94. The number of rotatable bonds is 5. The number of alkyl carbamates (subject to hydrolysis) is 1. The summed E-state index contributed by atoms with van der Waals surface area (Å²) in [5.74, 6) is -0.442. The Morgan fingerprint density at radius 3 is 2.18 bits per heavy atom. The normalized spacial score (nSPS) is 12.1. The van der Waals surface area contributed by atoms with Crippen LogP contribution in [0.2, 0.25) is 0 Å². The summed E-state index contributed by atoms with van der Waals surface area (Å²) in [5, 5.41) is 17.0. The highest BCUT2D eigenvalue weighted by Crippen LogP contribution is 2.06. The Kier molecular flexibility index (Phi) is 7.43. The second-order valence-electron chi connectivity index (χ2n) is 6.76. The first-order valence-corrected chi connectivity index (χ1v) is 7.07. The Morgan fingerprint density at radius 2 is 1.73 bits per heavy atom. The van der Waals surface area contributed by atoms with Crippen LogP contribution in [0.15, 0.2) is 11.8 Å². The van der Waals surface area contributed by atoms with Crippen LogP contribution in [0, 0.1) is 11.3 Å². The maximum absolute atomic E-state index is 11.8. The van der Waals surface area contributed by atoms with Crippen LogP contribution < -0.4 is 16.0 Å². The summed E-state index contributed by atoms with van der Waals surface area (Å²) in [6.45, 7) is 11.5. The van der Waals surface area contributed by atoms with Gasteiger partial charge in [0.1, 0.15) is 17.2 Å². The van der Waals surface area contributed by atoms with Gasteiger partial charge in [-0.25, -0.2) is 4.79 Å². The Hall–Kier alpha value is -2.23. The van der Waals surface area contributed by atoms with E-state index in [9.17, 15) is 9.59 Å². The second-order valence-corrected chi connectivity index (χ2v) is 6.76. The van der Waals surface area contributed by atoms with Crippen LogP contribution in [0.4, 0.5) is 4.79 Å². The molecule has 0 aliphatic heterocycles. The fourth-order valence-electron chi connectivity index (χ4n) is 1.28. The van der Waals surface area contributed by atoms with Crippen molar-refractivity contribution in [1.82, 2.24) is 16.0 Å². The molecule has 22 heavy (non-hydrogen) atoms. The van der Waals surface area contributed by atoms with Crippen molar-refractivity contribution in [3.05, 3.63) is 11.8 Å². The number of nitriles is 1. The van der Waals surface area contributed by atoms with Crippen LogP contribution in [0.3, 0.4) is 0 Å². The lowest BCUT2D eigenvalue weighted by atomic mass is 10.1. The van der Waals surface area contributed by atoms with E-state index in [1.165, 1.54) is 6.20 Å². The fourth-order valence-corrected chi connectivity index (χ4v) is 1.28. The monoisotopic (exact) mass is 310 g/mol. The van der Waals surface area contributed by atoms with Crippen molar-refractivity contribution in [2.45, 2.75) is 52.7 Å². The Morgan fingerprint density at radius 1 is 1.14 bits per heavy atom. The van der Waals surface area contributed by atoms with Crippen molar-refractivity contribution in [2.24, 2.45) is 0 Å². The lowest BCUT2D eigenvalue weighted by Crippen LogP contribution is -2.41. The molecule has 0 aromatic rings. The van der Waals surface area contributed by atoms with Gasteiger partial charge >= 0.3 is 6.09 Å². The zero-order valence-corrected chi connectivity index (χ0v) is 14.2. The number of nitrogens with one attached hydrogen (secondary N) is 3. The summed E-state index contributed by atoms with van der Waals surface area (Å²) in [6, 6.07) is 1.83. The number of carbonyl (C=O) groups excluding carboxylic acids is 2. The molecule has 0 radical (unpaired) electrons. The molecular formula is C15H26N4O3. The summed E-state index contributed by atoms with van der Waals surface area (Å²) >= 11 is 0. The van der Waals surface area contributed by atoms with Gasteiger partial charge in [0, 0.05) is 24.8 Å². The van der Waals surface area contributed by atoms with Gasteiger partial charge in [0.15, 0.2) is 0 Å². The van der Waals surface area contributed by atoms with Gasteiger partial charge in [-0.2, -0.15) is 5.26 Å². The standard InChI is InChI=1S/C15H26N4O3/c1-14(2,3)19-12(20)11(9-16)10-17-7-8-18-13(21)22-15(4,5)6/h10,17H,7-8H2,1-6H3,(H,18,21)(H,19,20)/b11-10-. The molecule has 0 aliphatic rings. The highest BCUT2D eigenvalue weighted by molar-refractivity contribution is 5.97. The minimum atomic E-state index is -0.545. The first kappa shape index (κ1) is 19.8. The minimum Gasteiger partial charge on any atom is -0.444 e. The van der Waals surface area contributed by atoms with E-state index in [0.717, 1.165) is 0 Å². The number of hydrogen-bond acceptors (Lipinski definition) is 5. The van der Waals surface area contributed by atoms with Crippen molar-refractivity contribution in [1.29, 1.82) is 5.26 Å². The fraction of sp³-hybridized carbons (Fsp3) is 0.667. The lowest BCUT2D eigenvalue weighted by molar-refractivity contribution is -0.118. The third kappa shape index (κ3) is 10.5. The summed E-state index contributed by atoms with van der Waals surface area (Å²) < 4.78 is 5.07. The van der Waals surface area contributed by atoms with Crippen molar-refractivity contribution >= 4 is 12.0 Å². The van der Waals surface area contributed by atoms with E-state index >= 15 is 0 Å². The Balaban J connectivity index is 4.18. The summed E-state index contributed by atoms with van der Waals surface area (Å²) in [6.07, 6.45) is 0.821. The second kappa shape index (κ2) is 8.27. The van der Waals surface area contributed by atoms with E-state index in [0.29, 0.717) is 13.1 Å². The van der Waals surface area contributed by atoms with Crippen molar-refractivity contribution in [3.8, 4) is 6.07 Å². The molecule has 0 heterocycles. The molecule has 0 saturated carbocycles. The number of amides is 2. The number of hydrogen-bond donors (Lipinski definition) is 3. The van der Waals surface area contributed by atoms with Crippen LogP contribution in [-0.2, 0) is 9.53 Å². The van der Waals surface area contributed by atoms with Crippen LogP contribution in [0.25, 0.3) is 0 Å². The third-order valence-corrected chi connectivity index (χ3v) is 2.04. The average molecular weight is 310 g/mol. The molecule has 0 rings (SSSR count). The van der Waals surface area contributed by atoms with Gasteiger partial charge in [0.2, 0.25) is 0 Å². The van der Waals surface area contributed by atoms with E-state index in [4.69, 9.17) is 10.00 Å². The smallest absolute Gasteiger partial charge is 0.407 e. The van der Waals surface area contributed by atoms with E-state index in [-0.39, 0.29) is 5.57 Å². The molecule has 0 unspecified atom stereocenters. The zero-order chi connectivity index (χ0) is 17.4. The molecule has 0 atom stereocenters. The lowest BCUT2D eigenvalue weighted by Gasteiger charge is -2.20. The molecule has 0 aromatic carbocycles. The van der Waals surface area contributed by atoms with Crippen molar-refractivity contribution in [3.63, 3.8) is 0 Å². The van der Waals surface area contributed by atoms with E-state index in [1.807, 2.05) is 26.8 Å². The van der Waals surface area contributed by atoms with Gasteiger partial charge in [-0.15, -0.1) is 0 Å². The SMILES string of the molecule is CC(C)(C)NC(=O)/C(C#N)=C\NCCNC(=O)OC(C)(C)C. The summed E-state index contributed by atoms with van der Waals surface area (Å²) in [4.78, 5) is 23.2. The highest BCUT2D eigenvalue weighted by atomic mass is 16.6. The predicted molar refractivity (Wildman–Crippen MR) is 83.8 cm³/mol. The number of ether oxygens (including phenoxy) is 1. The van der Waals surface area contributed by atoms with Crippen molar-refractivity contribution in [2.75, 3.05) is 13.1 Å². The maximum atomic E-state index is 11.8. The number of carbonyl (C=O) groups is 2. The van der Waals surface area contributed by atoms with Gasteiger partial charge in [-0.3, -0.25) is 4.79 Å². The van der Waals surface area contributed by atoms with Crippen LogP contribution in [-0.4, -0.2) is 36.2 Å². The molecule has 3 N–H and O–H groups in total. The van der Waals surface area contributed by atoms with Crippen molar-refractivity contribution < 1.29 is 14.3 Å². The highest BCUT2D eigenvalue weighted by Gasteiger charge is 2.17. The molecule has 0 saturated heterocycles. The van der Waals surface area contributed by atoms with E-state index in [1.54, 1.807) is 20.8 Å². The molecule has 0 aliphatic carbocycles. The maximum Gasteiger partial charge on any atom is 0.407 e. The Bertz CT molecular complexity index is 465. The summed E-state index contributed by atoms with van der Waals surface area (Å²) in [7, 11) is 0. The minimum absolute atomic E-state index is 0.0211. The average Bonchev–Trinajstić information content (AvgIpc) is 2.28. The quantitative estimate of drug-likeness (QED) is 0.405. The molecule has 0 aromatic heterocycles. The topological polar surface area (TPSA) is 103 Å². The number of nitrogens with zero attached hydrogens (tertiary/aromatic N) is 1. The van der Waals surface area contributed by atoms with Crippen LogP contribution >= 0.6 is 0 Å². The third-order valence-electron chi connectivity index (χ3n) is 2.04. The van der Waals surface area contributed by atoms with Gasteiger partial charge in [-0.1, -0.05) is 0 Å². The molecule has 124 valence electrons. The van der Waals surface area contributed by atoms with E-state index in [2.05, 4.69) is 16.0 Å². The first-order valence-electron chi connectivity index (χ1n) is 7.07. The van der Waals surface area contributed by atoms with Crippen LogP contribution in [0.5, 0.6) is 0 Å². The molecule has 7 nitrogen and oxygen atoms in total. The van der Waals surface area contributed by atoms with E-state index < -0.39 is 23.1 Å². The van der Waals surface area contributed by atoms with Gasteiger partial charge in [-0.05, 0) is 41.5 Å². The van der Waals surface area contributed by atoms with Crippen LogP contribution in [0.1, 0.15) is 41.5 Å². The molecule has 7 heteroatoms. The molecule has 2 amide bonds. The molecular weight excluding hydrogens is 284 g/mol. The Labute approximate surface area is 132 Å². The summed E-state index contributed by atoms with van der Waals surface area (Å²) in [5.41, 5.74) is -0.978. The molecule has 0 fully saturated rings. The van der Waals surface area contributed by atoms with Gasteiger partial charge in [0.25, 0.3) is 5.91 Å². The van der Waals surface area contributed by atoms with Gasteiger partial charge in [0.05, 0.1) is 0 Å². The van der Waals surface area contributed by atoms with Gasteiger partial charge < -0.3 is 20.7 Å². The largest absolute Gasteiger partial charge is 0.444 e.